The van der Waals surface area contributed by atoms with Gasteiger partial charge in [-0.2, -0.15) is 10.2 Å². The third kappa shape index (κ3) is 4.27. The Morgan fingerprint density at radius 1 is 1.24 bits per heavy atom. The normalized spacial score (nSPS) is 15.4. The van der Waals surface area contributed by atoms with Gasteiger partial charge >= 0.3 is 0 Å². The van der Waals surface area contributed by atoms with Crippen molar-refractivity contribution in [1.29, 1.82) is 0 Å². The number of carbonyl (C=O) groups is 1. The monoisotopic (exact) mass is 485 g/mol. The first-order valence-corrected chi connectivity index (χ1v) is 11.1. The van der Waals surface area contributed by atoms with E-state index in [2.05, 4.69) is 37.5 Å². The largest absolute Gasteiger partial charge is 0.486 e. The van der Waals surface area contributed by atoms with Crippen LogP contribution in [0.15, 0.2) is 43.0 Å². The Bertz CT molecular complexity index is 1310. The van der Waals surface area contributed by atoms with Crippen molar-refractivity contribution in [2.45, 2.75) is 19.1 Å². The summed E-state index contributed by atoms with van der Waals surface area (Å²) in [6, 6.07) is 5.69. The molecule has 9 nitrogen and oxygen atoms in total. The standard InChI is InChI=1S/C22H21Cl2N7O2/c1-12(20-17(23)7-25-8-18(20)24)33-15-3-4-19-16(5-15)21(29-28-19)22(32)27-13-6-26-31(9-13)14-10-30(2)11-14/h3-9,12,14H,10-11H2,1-2H3,(H,27,32)(H,28,29). The van der Waals surface area contributed by atoms with E-state index in [0.29, 0.717) is 44.0 Å². The van der Waals surface area contributed by atoms with E-state index in [1.807, 2.05) is 23.9 Å². The minimum Gasteiger partial charge on any atom is -0.486 e. The van der Waals surface area contributed by atoms with Crippen LogP contribution in [-0.2, 0) is 0 Å². The van der Waals surface area contributed by atoms with E-state index in [0.717, 1.165) is 13.1 Å². The first kappa shape index (κ1) is 21.7. The molecule has 0 aliphatic carbocycles. The number of nitrogens with zero attached hydrogens (tertiary/aromatic N) is 5. The minimum absolute atomic E-state index is 0.263. The van der Waals surface area contributed by atoms with Gasteiger partial charge in [-0.3, -0.25) is 19.6 Å². The minimum atomic E-state index is -0.425. The van der Waals surface area contributed by atoms with Gasteiger partial charge in [0.25, 0.3) is 5.91 Å². The highest BCUT2D eigenvalue weighted by Crippen LogP contribution is 2.33. The van der Waals surface area contributed by atoms with E-state index in [4.69, 9.17) is 27.9 Å². The third-order valence-electron chi connectivity index (χ3n) is 5.64. The summed E-state index contributed by atoms with van der Waals surface area (Å²) in [7, 11) is 2.06. The molecule has 0 bridgehead atoms. The van der Waals surface area contributed by atoms with Crippen molar-refractivity contribution in [3.8, 4) is 5.75 Å². The number of aromatic nitrogens is 5. The van der Waals surface area contributed by atoms with Crippen molar-refractivity contribution < 1.29 is 9.53 Å². The van der Waals surface area contributed by atoms with Gasteiger partial charge in [-0.1, -0.05) is 23.2 Å². The second kappa shape index (κ2) is 8.66. The zero-order chi connectivity index (χ0) is 23.1. The topological polar surface area (TPSA) is 101 Å². The summed E-state index contributed by atoms with van der Waals surface area (Å²) in [4.78, 5) is 19.1. The van der Waals surface area contributed by atoms with Crippen molar-refractivity contribution >= 4 is 45.7 Å². The molecule has 1 aromatic carbocycles. The van der Waals surface area contributed by atoms with Crippen molar-refractivity contribution in [3.05, 3.63) is 64.3 Å². The first-order valence-electron chi connectivity index (χ1n) is 10.4. The van der Waals surface area contributed by atoms with Crippen LogP contribution in [0.3, 0.4) is 0 Å². The fourth-order valence-corrected chi connectivity index (χ4v) is 4.61. The summed E-state index contributed by atoms with van der Waals surface area (Å²) in [5, 5.41) is 15.8. The summed E-state index contributed by atoms with van der Waals surface area (Å²) in [5.41, 5.74) is 2.24. The Hall–Kier alpha value is -3.14. The van der Waals surface area contributed by atoms with Crippen molar-refractivity contribution in [2.75, 3.05) is 25.5 Å². The number of ether oxygens (including phenoxy) is 1. The number of rotatable bonds is 6. The molecule has 1 amide bonds. The van der Waals surface area contributed by atoms with Crippen molar-refractivity contribution in [1.82, 2.24) is 29.9 Å². The van der Waals surface area contributed by atoms with Crippen LogP contribution in [0.25, 0.3) is 10.9 Å². The number of hydrogen-bond acceptors (Lipinski definition) is 6. The maximum atomic E-state index is 12.9. The number of likely N-dealkylation sites (N-methyl/N-ethyl adjacent to an activating group) is 1. The number of carbonyl (C=O) groups excluding carboxylic acids is 1. The maximum absolute atomic E-state index is 12.9. The number of nitrogens with one attached hydrogen (secondary N) is 2. The van der Waals surface area contributed by atoms with E-state index >= 15 is 0 Å². The Kier molecular flexibility index (Phi) is 5.69. The average Bonchev–Trinajstić information content (AvgIpc) is 3.38. The lowest BCUT2D eigenvalue weighted by atomic mass is 10.1. The number of fused-ring (bicyclic) bond motifs is 1. The third-order valence-corrected chi connectivity index (χ3v) is 6.24. The predicted octanol–water partition coefficient (Wildman–Crippen LogP) is 4.34. The summed E-state index contributed by atoms with van der Waals surface area (Å²) < 4.78 is 7.94. The molecule has 1 unspecified atom stereocenters. The lowest BCUT2D eigenvalue weighted by Gasteiger charge is -2.35. The highest BCUT2D eigenvalue weighted by atomic mass is 35.5. The fraction of sp³-hybridized carbons (Fsp3) is 0.273. The van der Waals surface area contributed by atoms with Gasteiger partial charge in [0, 0.05) is 42.6 Å². The van der Waals surface area contributed by atoms with Crippen LogP contribution in [0.2, 0.25) is 10.0 Å². The predicted molar refractivity (Wildman–Crippen MR) is 126 cm³/mol. The number of aromatic amines is 1. The van der Waals surface area contributed by atoms with E-state index in [-0.39, 0.29) is 11.6 Å². The van der Waals surface area contributed by atoms with Gasteiger partial charge in [0.1, 0.15) is 11.9 Å². The SMILES string of the molecule is CC(Oc1ccc2[nH]nc(C(=O)Nc3cnn(C4CN(C)C4)c3)c2c1)c1c(Cl)cncc1Cl. The zero-order valence-electron chi connectivity index (χ0n) is 17.9. The average molecular weight is 486 g/mol. The summed E-state index contributed by atoms with van der Waals surface area (Å²) in [6.07, 6.45) is 6.10. The Morgan fingerprint density at radius 2 is 2.00 bits per heavy atom. The maximum Gasteiger partial charge on any atom is 0.276 e. The molecule has 0 saturated carbocycles. The molecular formula is C22H21Cl2N7O2. The number of benzene rings is 1. The van der Waals surface area contributed by atoms with Crippen LogP contribution in [-0.4, -0.2) is 55.9 Å². The number of pyridine rings is 1. The quantitative estimate of drug-likeness (QED) is 0.421. The fourth-order valence-electron chi connectivity index (χ4n) is 3.94. The van der Waals surface area contributed by atoms with E-state index < -0.39 is 6.10 Å². The molecule has 4 heterocycles. The van der Waals surface area contributed by atoms with Crippen LogP contribution in [0.4, 0.5) is 5.69 Å². The van der Waals surface area contributed by atoms with Gasteiger partial charge in [0.15, 0.2) is 5.69 Å². The van der Waals surface area contributed by atoms with Gasteiger partial charge < -0.3 is 15.0 Å². The molecule has 1 atom stereocenters. The molecule has 0 spiro atoms. The molecule has 2 N–H and O–H groups in total. The van der Waals surface area contributed by atoms with Crippen LogP contribution in [0.1, 0.15) is 35.1 Å². The molecule has 1 fully saturated rings. The van der Waals surface area contributed by atoms with Gasteiger partial charge in [-0.15, -0.1) is 0 Å². The smallest absolute Gasteiger partial charge is 0.276 e. The molecule has 11 heteroatoms. The van der Waals surface area contributed by atoms with Crippen LogP contribution >= 0.6 is 23.2 Å². The van der Waals surface area contributed by atoms with Gasteiger partial charge in [0.05, 0.1) is 33.5 Å². The van der Waals surface area contributed by atoms with Gasteiger partial charge in [0.2, 0.25) is 0 Å². The van der Waals surface area contributed by atoms with E-state index in [1.54, 1.807) is 18.3 Å². The first-order chi connectivity index (χ1) is 15.9. The van der Waals surface area contributed by atoms with E-state index in [1.165, 1.54) is 12.4 Å². The summed E-state index contributed by atoms with van der Waals surface area (Å²) >= 11 is 12.5. The zero-order valence-corrected chi connectivity index (χ0v) is 19.4. The van der Waals surface area contributed by atoms with Crippen LogP contribution in [0, 0.1) is 0 Å². The Labute approximate surface area is 199 Å². The molecule has 170 valence electrons. The van der Waals surface area contributed by atoms with Crippen molar-refractivity contribution in [3.63, 3.8) is 0 Å². The number of amides is 1. The van der Waals surface area contributed by atoms with Crippen LogP contribution in [0.5, 0.6) is 5.75 Å². The Balaban J connectivity index is 1.34. The highest BCUT2D eigenvalue weighted by Gasteiger charge is 2.26. The van der Waals surface area contributed by atoms with Crippen LogP contribution < -0.4 is 10.1 Å². The Morgan fingerprint density at radius 3 is 2.73 bits per heavy atom. The molecular weight excluding hydrogens is 465 g/mol. The van der Waals surface area contributed by atoms with Gasteiger partial charge in [-0.05, 0) is 32.2 Å². The molecule has 4 aromatic rings. The number of anilines is 1. The molecule has 5 rings (SSSR count). The lowest BCUT2D eigenvalue weighted by Crippen LogP contribution is -2.45. The lowest BCUT2D eigenvalue weighted by molar-refractivity contribution is 0.102. The molecule has 1 aliphatic heterocycles. The molecule has 0 radical (unpaired) electrons. The number of H-pyrrole nitrogens is 1. The second-order valence-electron chi connectivity index (χ2n) is 8.09. The van der Waals surface area contributed by atoms with Gasteiger partial charge in [-0.25, -0.2) is 0 Å². The molecule has 33 heavy (non-hydrogen) atoms. The van der Waals surface area contributed by atoms with Crippen molar-refractivity contribution in [2.24, 2.45) is 0 Å². The highest BCUT2D eigenvalue weighted by molar-refractivity contribution is 6.35. The molecule has 1 saturated heterocycles. The van der Waals surface area contributed by atoms with E-state index in [9.17, 15) is 4.79 Å². The molecule has 3 aromatic heterocycles. The molecule has 1 aliphatic rings. The second-order valence-corrected chi connectivity index (χ2v) is 8.91. The summed E-state index contributed by atoms with van der Waals surface area (Å²) in [5.74, 6) is 0.216. The number of halogens is 2. The number of likely N-dealkylation sites (tertiary alicyclic amines) is 1. The summed E-state index contributed by atoms with van der Waals surface area (Å²) in [6.45, 7) is 3.73. The number of hydrogen-bond donors (Lipinski definition) is 2.